The summed E-state index contributed by atoms with van der Waals surface area (Å²) in [5, 5.41) is 0. The van der Waals surface area contributed by atoms with Crippen LogP contribution in [0, 0.1) is 0 Å². The zero-order valence-electron chi connectivity index (χ0n) is 9.91. The molecule has 1 aliphatic rings. The van der Waals surface area contributed by atoms with Gasteiger partial charge in [-0.25, -0.2) is 0 Å². The summed E-state index contributed by atoms with van der Waals surface area (Å²) in [5.74, 6) is 0.293. The Bertz CT molecular complexity index is 346. The molecule has 0 saturated carbocycles. The Balaban J connectivity index is 1.94. The minimum Gasteiger partial charge on any atom is -0.302 e. The number of rotatable bonds is 3. The molecule has 2 heteroatoms. The van der Waals surface area contributed by atoms with Crippen LogP contribution in [0.15, 0.2) is 24.3 Å². The van der Waals surface area contributed by atoms with Gasteiger partial charge in [-0.3, -0.25) is 4.79 Å². The average molecular weight is 217 g/mol. The maximum atomic E-state index is 11.0. The molecule has 0 amide bonds. The van der Waals surface area contributed by atoms with E-state index in [-0.39, 0.29) is 0 Å². The molecule has 0 radical (unpaired) electrons. The Labute approximate surface area is 97.3 Å². The van der Waals surface area contributed by atoms with E-state index in [4.69, 9.17) is 0 Å². The second-order valence-corrected chi connectivity index (χ2v) is 4.56. The van der Waals surface area contributed by atoms with Crippen molar-refractivity contribution in [3.05, 3.63) is 35.4 Å². The topological polar surface area (TPSA) is 20.3 Å². The van der Waals surface area contributed by atoms with E-state index in [9.17, 15) is 4.79 Å². The van der Waals surface area contributed by atoms with Gasteiger partial charge in [0.15, 0.2) is 0 Å². The molecule has 2 nitrogen and oxygen atoms in total. The summed E-state index contributed by atoms with van der Waals surface area (Å²) < 4.78 is 0. The lowest BCUT2D eigenvalue weighted by Gasteiger charge is -2.18. The minimum absolute atomic E-state index is 0.293. The Morgan fingerprint density at radius 1 is 1.19 bits per heavy atom. The van der Waals surface area contributed by atoms with Crippen LogP contribution in [-0.4, -0.2) is 30.3 Å². The fraction of sp³-hybridized carbons (Fsp3) is 0.500. The second-order valence-electron chi connectivity index (χ2n) is 4.56. The van der Waals surface area contributed by atoms with Gasteiger partial charge in [-0.1, -0.05) is 24.3 Å². The van der Waals surface area contributed by atoms with Crippen LogP contribution in [0.2, 0.25) is 0 Å². The van der Waals surface area contributed by atoms with E-state index < -0.39 is 0 Å². The van der Waals surface area contributed by atoms with Gasteiger partial charge in [0, 0.05) is 26.1 Å². The van der Waals surface area contributed by atoms with Gasteiger partial charge >= 0.3 is 0 Å². The molecular formula is C14H19NO. The lowest BCUT2D eigenvalue weighted by atomic mass is 10.0. The Morgan fingerprint density at radius 2 is 1.75 bits per heavy atom. The first-order valence-corrected chi connectivity index (χ1v) is 6.04. The highest BCUT2D eigenvalue weighted by Crippen LogP contribution is 2.15. The number of hydrogen-bond donors (Lipinski definition) is 0. The molecule has 0 saturated heterocycles. The maximum Gasteiger partial charge on any atom is 0.131 e. The summed E-state index contributed by atoms with van der Waals surface area (Å²) in [7, 11) is 0. The quantitative estimate of drug-likeness (QED) is 0.772. The van der Waals surface area contributed by atoms with Crippen molar-refractivity contribution < 1.29 is 4.79 Å². The molecule has 1 aliphatic heterocycles. The molecule has 1 heterocycles. The minimum atomic E-state index is 0.293. The Morgan fingerprint density at radius 3 is 2.25 bits per heavy atom. The lowest BCUT2D eigenvalue weighted by molar-refractivity contribution is -0.117. The van der Waals surface area contributed by atoms with E-state index in [1.165, 1.54) is 11.1 Å². The first kappa shape index (κ1) is 11.3. The third kappa shape index (κ3) is 2.92. The van der Waals surface area contributed by atoms with Gasteiger partial charge in [-0.05, 0) is 30.9 Å². The first-order chi connectivity index (χ1) is 7.75. The van der Waals surface area contributed by atoms with Crippen LogP contribution in [0.5, 0.6) is 0 Å². The van der Waals surface area contributed by atoms with Gasteiger partial charge in [0.1, 0.15) is 5.78 Å². The number of ketones is 1. The fourth-order valence-electron chi connectivity index (χ4n) is 2.25. The van der Waals surface area contributed by atoms with Gasteiger partial charge < -0.3 is 4.90 Å². The van der Waals surface area contributed by atoms with E-state index in [0.717, 1.165) is 32.5 Å². The van der Waals surface area contributed by atoms with Crippen molar-refractivity contribution >= 4 is 5.78 Å². The second kappa shape index (κ2) is 5.26. The normalized spacial score (nSPS) is 16.6. The maximum absolute atomic E-state index is 11.0. The zero-order valence-corrected chi connectivity index (χ0v) is 9.91. The van der Waals surface area contributed by atoms with Crippen molar-refractivity contribution in [1.29, 1.82) is 0 Å². The number of hydrogen-bond acceptors (Lipinski definition) is 2. The van der Waals surface area contributed by atoms with Crippen molar-refractivity contribution in [2.45, 2.75) is 26.2 Å². The largest absolute Gasteiger partial charge is 0.302 e. The molecule has 2 rings (SSSR count). The van der Waals surface area contributed by atoms with Gasteiger partial charge in [0.05, 0.1) is 0 Å². The van der Waals surface area contributed by atoms with Gasteiger partial charge in [0.25, 0.3) is 0 Å². The molecule has 0 unspecified atom stereocenters. The van der Waals surface area contributed by atoms with Crippen molar-refractivity contribution in [2.24, 2.45) is 0 Å². The molecule has 0 spiro atoms. The summed E-state index contributed by atoms with van der Waals surface area (Å²) in [6, 6.07) is 8.68. The summed E-state index contributed by atoms with van der Waals surface area (Å²) in [4.78, 5) is 13.4. The van der Waals surface area contributed by atoms with Crippen LogP contribution in [0.4, 0.5) is 0 Å². The average Bonchev–Trinajstić information content (AvgIpc) is 2.49. The van der Waals surface area contributed by atoms with Gasteiger partial charge in [-0.15, -0.1) is 0 Å². The number of benzene rings is 1. The number of Topliss-reactive ketones (excluding diaryl/α,β-unsaturated/α-hetero) is 1. The summed E-state index contributed by atoms with van der Waals surface area (Å²) in [6.07, 6.45) is 2.93. The van der Waals surface area contributed by atoms with Crippen LogP contribution in [-0.2, 0) is 17.6 Å². The number of carbonyl (C=O) groups excluding carboxylic acids is 1. The van der Waals surface area contributed by atoms with Gasteiger partial charge in [0.2, 0.25) is 0 Å². The molecular weight excluding hydrogens is 198 g/mol. The molecule has 0 atom stereocenters. The highest BCUT2D eigenvalue weighted by molar-refractivity contribution is 5.75. The molecule has 0 aliphatic carbocycles. The fourth-order valence-corrected chi connectivity index (χ4v) is 2.25. The third-order valence-corrected chi connectivity index (χ3v) is 3.29. The highest BCUT2D eigenvalue weighted by atomic mass is 16.1. The zero-order chi connectivity index (χ0) is 11.4. The monoisotopic (exact) mass is 217 g/mol. The van der Waals surface area contributed by atoms with Crippen LogP contribution in [0.1, 0.15) is 24.5 Å². The third-order valence-electron chi connectivity index (χ3n) is 3.29. The van der Waals surface area contributed by atoms with E-state index in [2.05, 4.69) is 29.2 Å². The number of carbonyl (C=O) groups is 1. The van der Waals surface area contributed by atoms with E-state index in [1.54, 1.807) is 6.92 Å². The molecule has 1 aromatic carbocycles. The first-order valence-electron chi connectivity index (χ1n) is 6.04. The van der Waals surface area contributed by atoms with Crippen molar-refractivity contribution in [2.75, 3.05) is 19.6 Å². The number of fused-ring (bicyclic) bond motifs is 1. The Kier molecular flexibility index (Phi) is 3.73. The predicted molar refractivity (Wildman–Crippen MR) is 65.6 cm³/mol. The summed E-state index contributed by atoms with van der Waals surface area (Å²) >= 11 is 0. The van der Waals surface area contributed by atoms with E-state index in [1.807, 2.05) is 0 Å². The molecule has 0 N–H and O–H groups in total. The SMILES string of the molecule is CC(=O)CCN1CCc2ccccc2CC1. The molecule has 0 aromatic heterocycles. The van der Waals surface area contributed by atoms with Crippen LogP contribution in [0.3, 0.4) is 0 Å². The van der Waals surface area contributed by atoms with E-state index in [0.29, 0.717) is 12.2 Å². The van der Waals surface area contributed by atoms with Crippen LogP contribution >= 0.6 is 0 Å². The van der Waals surface area contributed by atoms with Crippen molar-refractivity contribution in [3.8, 4) is 0 Å². The summed E-state index contributed by atoms with van der Waals surface area (Å²) in [6.45, 7) is 4.77. The smallest absolute Gasteiger partial charge is 0.131 e. The lowest BCUT2D eigenvalue weighted by Crippen LogP contribution is -2.28. The van der Waals surface area contributed by atoms with Crippen LogP contribution < -0.4 is 0 Å². The Hall–Kier alpha value is -1.15. The van der Waals surface area contributed by atoms with E-state index >= 15 is 0 Å². The molecule has 1 aromatic rings. The molecule has 86 valence electrons. The summed E-state index contributed by atoms with van der Waals surface area (Å²) in [5.41, 5.74) is 2.96. The predicted octanol–water partition coefficient (Wildman–Crippen LogP) is 2.07. The molecule has 16 heavy (non-hydrogen) atoms. The highest BCUT2D eigenvalue weighted by Gasteiger charge is 2.13. The molecule has 0 bridgehead atoms. The van der Waals surface area contributed by atoms with Crippen molar-refractivity contribution in [1.82, 2.24) is 4.90 Å². The van der Waals surface area contributed by atoms with Gasteiger partial charge in [-0.2, -0.15) is 0 Å². The number of nitrogens with zero attached hydrogens (tertiary/aromatic N) is 1. The van der Waals surface area contributed by atoms with Crippen LogP contribution in [0.25, 0.3) is 0 Å². The van der Waals surface area contributed by atoms with Crippen molar-refractivity contribution in [3.63, 3.8) is 0 Å². The molecule has 0 fully saturated rings. The standard InChI is InChI=1S/C14H19NO/c1-12(16)6-9-15-10-7-13-4-2-3-5-14(13)8-11-15/h2-5H,6-11H2,1H3.